The molecule has 1 spiro atoms. The van der Waals surface area contributed by atoms with Crippen molar-refractivity contribution in [2.75, 3.05) is 0 Å². The van der Waals surface area contributed by atoms with Crippen molar-refractivity contribution in [2.24, 2.45) is 0 Å². The number of hydrogen-bond donors (Lipinski definition) is 0. The highest BCUT2D eigenvalue weighted by molar-refractivity contribution is 9.10. The zero-order valence-corrected chi connectivity index (χ0v) is 26.2. The van der Waals surface area contributed by atoms with Crippen molar-refractivity contribution in [1.82, 2.24) is 0 Å². The van der Waals surface area contributed by atoms with Gasteiger partial charge < -0.3 is 0 Å². The minimum absolute atomic E-state index is 0.0188. The van der Waals surface area contributed by atoms with E-state index in [1.54, 1.807) is 0 Å². The molecule has 0 aromatic heterocycles. The van der Waals surface area contributed by atoms with E-state index in [2.05, 4.69) is 142 Å². The van der Waals surface area contributed by atoms with Gasteiger partial charge >= 0.3 is 0 Å². The number of ketones is 1. The van der Waals surface area contributed by atoms with Gasteiger partial charge in [0, 0.05) is 20.1 Å². The molecule has 0 N–H and O–H groups in total. The van der Waals surface area contributed by atoms with Crippen molar-refractivity contribution in [2.45, 2.75) is 5.41 Å². The maximum absolute atomic E-state index is 13.8. The van der Waals surface area contributed by atoms with Gasteiger partial charge in [0.15, 0.2) is 5.78 Å². The molecule has 0 bridgehead atoms. The summed E-state index contributed by atoms with van der Waals surface area (Å²) in [5, 5.41) is 0. The van der Waals surface area contributed by atoms with Crippen LogP contribution in [0.3, 0.4) is 0 Å². The molecule has 1 unspecified atom stereocenters. The molecule has 0 heterocycles. The second-order valence-electron chi connectivity index (χ2n) is 11.2. The van der Waals surface area contributed by atoms with E-state index in [1.807, 2.05) is 30.3 Å². The molecule has 0 fully saturated rings. The van der Waals surface area contributed by atoms with Crippen LogP contribution in [0.25, 0.3) is 27.8 Å². The van der Waals surface area contributed by atoms with Crippen LogP contribution in [0.4, 0.5) is 0 Å². The van der Waals surface area contributed by atoms with Crippen LogP contribution in [0, 0.1) is 0 Å². The van der Waals surface area contributed by atoms with Crippen LogP contribution < -0.4 is 0 Å². The second-order valence-corrected chi connectivity index (χ2v) is 13.0. The van der Waals surface area contributed by atoms with E-state index >= 15 is 0 Å². The molecule has 1 nitrogen and oxygen atoms in total. The van der Waals surface area contributed by atoms with Gasteiger partial charge in [-0.25, -0.2) is 0 Å². The Morgan fingerprint density at radius 1 is 0.465 bits per heavy atom. The van der Waals surface area contributed by atoms with E-state index in [-0.39, 0.29) is 5.78 Å². The van der Waals surface area contributed by atoms with E-state index in [0.717, 1.165) is 31.2 Å². The number of carbonyl (C=O) groups excluding carboxylic acids is 1. The Kier molecular flexibility index (Phi) is 6.04. The molecule has 0 saturated carbocycles. The summed E-state index contributed by atoms with van der Waals surface area (Å²) in [6.07, 6.45) is 0. The SMILES string of the molecule is C=C(c1ccc(Br)cc1)c1ccc2c(c1)C1(c3ccccc3-2)c2ccccc2-c2ccc(C(=O)c3ccc(Br)cc3)cc21. The standard InChI is InChI=1S/C40H24Br2O/c1-24(25-10-16-29(41)17-11-25)27-14-20-33-31-6-2-4-8-35(31)40(37(33)22-27)36-9-5-3-7-32(36)34-21-15-28(23-38(34)40)39(43)26-12-18-30(42)19-13-26/h2-23H,1H2. The van der Waals surface area contributed by atoms with Gasteiger partial charge in [-0.15, -0.1) is 0 Å². The number of fused-ring (bicyclic) bond motifs is 10. The van der Waals surface area contributed by atoms with Crippen LogP contribution in [-0.2, 0) is 5.41 Å². The van der Waals surface area contributed by atoms with Crippen molar-refractivity contribution in [3.63, 3.8) is 0 Å². The fraction of sp³-hybridized carbons (Fsp3) is 0.0250. The Bertz CT molecular complexity index is 1970. The molecule has 204 valence electrons. The number of benzene rings is 6. The molecule has 2 aliphatic rings. The Balaban J connectivity index is 1.39. The van der Waals surface area contributed by atoms with Gasteiger partial charge in [0.1, 0.15) is 0 Å². The fourth-order valence-electron chi connectivity index (χ4n) is 7.05. The Morgan fingerprint density at radius 3 is 1.44 bits per heavy atom. The highest BCUT2D eigenvalue weighted by Crippen LogP contribution is 2.63. The third-order valence-corrected chi connectivity index (χ3v) is 10.1. The molecule has 1 atom stereocenters. The first-order valence-electron chi connectivity index (χ1n) is 14.2. The van der Waals surface area contributed by atoms with Crippen LogP contribution in [0.2, 0.25) is 0 Å². The lowest BCUT2D eigenvalue weighted by Gasteiger charge is -2.31. The normalized spacial score (nSPS) is 15.5. The predicted octanol–water partition coefficient (Wildman–Crippen LogP) is 10.8. The second kappa shape index (κ2) is 9.87. The van der Waals surface area contributed by atoms with Gasteiger partial charge in [0.25, 0.3) is 0 Å². The highest BCUT2D eigenvalue weighted by atomic mass is 79.9. The average molecular weight is 680 g/mol. The van der Waals surface area contributed by atoms with Gasteiger partial charge in [0.05, 0.1) is 5.41 Å². The molecule has 0 amide bonds. The predicted molar refractivity (Wildman–Crippen MR) is 183 cm³/mol. The van der Waals surface area contributed by atoms with Crippen molar-refractivity contribution < 1.29 is 4.79 Å². The number of halogens is 2. The third kappa shape index (κ3) is 3.85. The minimum atomic E-state index is -0.552. The molecular formula is C40H24Br2O. The fourth-order valence-corrected chi connectivity index (χ4v) is 7.58. The largest absolute Gasteiger partial charge is 0.289 e. The van der Waals surface area contributed by atoms with Crippen molar-refractivity contribution in [3.05, 3.63) is 193 Å². The lowest BCUT2D eigenvalue weighted by atomic mass is 9.70. The van der Waals surface area contributed by atoms with E-state index in [0.29, 0.717) is 11.1 Å². The third-order valence-electron chi connectivity index (χ3n) is 9.00. The average Bonchev–Trinajstić information content (AvgIpc) is 3.51. The molecule has 0 saturated heterocycles. The highest BCUT2D eigenvalue weighted by Gasteiger charge is 2.51. The van der Waals surface area contributed by atoms with Crippen molar-refractivity contribution >= 4 is 43.2 Å². The first-order valence-corrected chi connectivity index (χ1v) is 15.8. The van der Waals surface area contributed by atoms with E-state index in [1.165, 1.54) is 38.9 Å². The first kappa shape index (κ1) is 26.3. The van der Waals surface area contributed by atoms with Gasteiger partial charge in [-0.2, -0.15) is 0 Å². The molecule has 0 aliphatic heterocycles. The maximum atomic E-state index is 13.8. The smallest absolute Gasteiger partial charge is 0.193 e. The summed E-state index contributed by atoms with van der Waals surface area (Å²) in [7, 11) is 0. The molecule has 0 radical (unpaired) electrons. The Morgan fingerprint density at radius 2 is 0.884 bits per heavy atom. The lowest BCUT2D eigenvalue weighted by molar-refractivity contribution is 0.103. The maximum Gasteiger partial charge on any atom is 0.193 e. The minimum Gasteiger partial charge on any atom is -0.289 e. The molecule has 3 heteroatoms. The quantitative estimate of drug-likeness (QED) is 0.169. The summed E-state index contributed by atoms with van der Waals surface area (Å²) in [4.78, 5) is 13.8. The Hall–Kier alpha value is -4.31. The molecule has 43 heavy (non-hydrogen) atoms. The van der Waals surface area contributed by atoms with Crippen LogP contribution >= 0.6 is 31.9 Å². The topological polar surface area (TPSA) is 17.1 Å². The number of rotatable bonds is 4. The summed E-state index contributed by atoms with van der Waals surface area (Å²) >= 11 is 7.05. The molecule has 6 aromatic carbocycles. The van der Waals surface area contributed by atoms with Gasteiger partial charge in [0.2, 0.25) is 0 Å². The number of carbonyl (C=O) groups is 1. The first-order chi connectivity index (χ1) is 21.0. The Labute approximate surface area is 267 Å². The van der Waals surface area contributed by atoms with Crippen LogP contribution in [0.15, 0.2) is 149 Å². The van der Waals surface area contributed by atoms with Crippen molar-refractivity contribution in [1.29, 1.82) is 0 Å². The summed E-state index contributed by atoms with van der Waals surface area (Å²) in [6.45, 7) is 4.52. The summed E-state index contributed by atoms with van der Waals surface area (Å²) in [5.41, 5.74) is 13.6. The number of hydrogen-bond acceptors (Lipinski definition) is 1. The zero-order chi connectivity index (χ0) is 29.3. The molecule has 6 aromatic rings. The molecular weight excluding hydrogens is 656 g/mol. The molecule has 2 aliphatic carbocycles. The van der Waals surface area contributed by atoms with Gasteiger partial charge in [-0.05, 0) is 110 Å². The lowest BCUT2D eigenvalue weighted by Crippen LogP contribution is -2.26. The summed E-state index contributed by atoms with van der Waals surface area (Å²) in [6, 6.07) is 46.4. The van der Waals surface area contributed by atoms with Gasteiger partial charge in [-0.3, -0.25) is 4.79 Å². The zero-order valence-electron chi connectivity index (χ0n) is 23.1. The summed E-state index contributed by atoms with van der Waals surface area (Å²) in [5.74, 6) is 0.0188. The van der Waals surface area contributed by atoms with E-state index in [4.69, 9.17) is 0 Å². The monoisotopic (exact) mass is 678 g/mol. The van der Waals surface area contributed by atoms with E-state index < -0.39 is 5.41 Å². The van der Waals surface area contributed by atoms with Crippen LogP contribution in [-0.4, -0.2) is 5.78 Å². The van der Waals surface area contributed by atoms with Crippen LogP contribution in [0.1, 0.15) is 49.3 Å². The van der Waals surface area contributed by atoms with E-state index in [9.17, 15) is 4.79 Å². The summed E-state index contributed by atoms with van der Waals surface area (Å²) < 4.78 is 1.99. The van der Waals surface area contributed by atoms with Crippen molar-refractivity contribution in [3.8, 4) is 22.3 Å². The molecule has 8 rings (SSSR count). The van der Waals surface area contributed by atoms with Gasteiger partial charge in [-0.1, -0.05) is 123 Å². The van der Waals surface area contributed by atoms with Crippen LogP contribution in [0.5, 0.6) is 0 Å².